The first-order valence-corrected chi connectivity index (χ1v) is 8.52. The lowest BCUT2D eigenvalue weighted by Crippen LogP contribution is -2.52. The van der Waals surface area contributed by atoms with Crippen LogP contribution in [-0.4, -0.2) is 31.5 Å². The second-order valence-electron chi connectivity index (χ2n) is 4.99. The molecule has 1 unspecified atom stereocenters. The number of hydrogen-bond acceptors (Lipinski definition) is 4. The first kappa shape index (κ1) is 16.8. The van der Waals surface area contributed by atoms with Crippen LogP contribution in [0.2, 0.25) is 0 Å². The maximum absolute atomic E-state index is 13.1. The molecular formula is C13H13F2NO4S2. The Morgan fingerprint density at radius 1 is 1.41 bits per heavy atom. The van der Waals surface area contributed by atoms with Gasteiger partial charge in [-0.2, -0.15) is 4.72 Å². The summed E-state index contributed by atoms with van der Waals surface area (Å²) in [5.74, 6) is -1.51. The van der Waals surface area contributed by atoms with Gasteiger partial charge >= 0.3 is 5.97 Å². The second kappa shape index (κ2) is 5.90. The number of rotatable bonds is 6. The number of sulfonamides is 1. The number of nitrogens with one attached hydrogen (secondary N) is 1. The highest BCUT2D eigenvalue weighted by molar-refractivity contribution is 7.90. The first-order chi connectivity index (χ1) is 10.2. The summed E-state index contributed by atoms with van der Waals surface area (Å²) in [7, 11) is -4.27. The van der Waals surface area contributed by atoms with Gasteiger partial charge < -0.3 is 5.11 Å². The van der Waals surface area contributed by atoms with E-state index in [4.69, 9.17) is 5.11 Å². The lowest BCUT2D eigenvalue weighted by molar-refractivity contribution is -0.140. The predicted octanol–water partition coefficient (Wildman–Crippen LogP) is 2.68. The predicted molar refractivity (Wildman–Crippen MR) is 78.8 cm³/mol. The molecule has 0 amide bonds. The van der Waals surface area contributed by atoms with Crippen LogP contribution in [0.1, 0.15) is 13.3 Å². The molecule has 0 saturated heterocycles. The van der Waals surface area contributed by atoms with Gasteiger partial charge in [0, 0.05) is 15.5 Å². The zero-order valence-electron chi connectivity index (χ0n) is 11.4. The summed E-state index contributed by atoms with van der Waals surface area (Å²) in [4.78, 5) is 10.6. The van der Waals surface area contributed by atoms with Crippen LogP contribution in [0.4, 0.5) is 8.78 Å². The van der Waals surface area contributed by atoms with Gasteiger partial charge in [0.15, 0.2) is 0 Å². The van der Waals surface area contributed by atoms with E-state index in [9.17, 15) is 22.0 Å². The standard InChI is InChI=1S/C13H13F2NO4S2/c1-13(12(14)15,6-11(17)18)16-22(19,20)10-7-21-9-5-3-2-4-8(9)10/h2-5,7,12,16H,6H2,1H3,(H,17,18). The molecule has 0 aliphatic heterocycles. The summed E-state index contributed by atoms with van der Waals surface area (Å²) < 4.78 is 53.6. The van der Waals surface area contributed by atoms with Gasteiger partial charge in [-0.3, -0.25) is 4.79 Å². The molecule has 9 heteroatoms. The first-order valence-electron chi connectivity index (χ1n) is 6.16. The van der Waals surface area contributed by atoms with Gasteiger partial charge in [0.05, 0.1) is 6.42 Å². The average Bonchev–Trinajstić information content (AvgIpc) is 2.81. The largest absolute Gasteiger partial charge is 0.481 e. The second-order valence-corrected chi connectivity index (χ2v) is 7.55. The number of halogens is 2. The van der Waals surface area contributed by atoms with Crippen molar-refractivity contribution < 1.29 is 27.1 Å². The van der Waals surface area contributed by atoms with Crippen molar-refractivity contribution in [1.29, 1.82) is 0 Å². The van der Waals surface area contributed by atoms with Crippen molar-refractivity contribution in [2.75, 3.05) is 0 Å². The van der Waals surface area contributed by atoms with E-state index in [0.29, 0.717) is 10.1 Å². The molecule has 2 rings (SSSR count). The number of benzene rings is 1. The maximum Gasteiger partial charge on any atom is 0.305 e. The van der Waals surface area contributed by atoms with Crippen molar-refractivity contribution in [3.8, 4) is 0 Å². The van der Waals surface area contributed by atoms with E-state index in [-0.39, 0.29) is 4.90 Å². The fraction of sp³-hybridized carbons (Fsp3) is 0.308. The van der Waals surface area contributed by atoms with Crippen molar-refractivity contribution in [3.63, 3.8) is 0 Å². The Bertz CT molecular complexity index is 803. The zero-order chi connectivity index (χ0) is 16.5. The third-order valence-electron chi connectivity index (χ3n) is 3.10. The van der Waals surface area contributed by atoms with Gasteiger partial charge in [0.2, 0.25) is 10.0 Å². The molecule has 0 spiro atoms. The molecule has 0 bridgehead atoms. The summed E-state index contributed by atoms with van der Waals surface area (Å²) in [5.41, 5.74) is -2.38. The van der Waals surface area contributed by atoms with Crippen LogP contribution < -0.4 is 4.72 Å². The number of hydrogen-bond donors (Lipinski definition) is 2. The van der Waals surface area contributed by atoms with Gasteiger partial charge in [-0.05, 0) is 13.0 Å². The number of carbonyl (C=O) groups is 1. The van der Waals surface area contributed by atoms with E-state index in [0.717, 1.165) is 6.92 Å². The molecule has 2 N–H and O–H groups in total. The minimum Gasteiger partial charge on any atom is -0.481 e. The Balaban J connectivity index is 2.44. The Kier molecular flexibility index (Phi) is 4.50. The normalized spacial score (nSPS) is 15.1. The summed E-state index contributed by atoms with van der Waals surface area (Å²) in [6.07, 6.45) is -4.19. The van der Waals surface area contributed by atoms with Crippen LogP contribution in [0.15, 0.2) is 34.5 Å². The van der Waals surface area contributed by atoms with Gasteiger partial charge in [-0.15, -0.1) is 11.3 Å². The van der Waals surface area contributed by atoms with Crippen molar-refractivity contribution in [1.82, 2.24) is 4.72 Å². The molecule has 22 heavy (non-hydrogen) atoms. The summed E-state index contributed by atoms with van der Waals surface area (Å²) in [6, 6.07) is 6.65. The topological polar surface area (TPSA) is 83.5 Å². The summed E-state index contributed by atoms with van der Waals surface area (Å²) in [6.45, 7) is 0.873. The number of thiophene rings is 1. The molecular weight excluding hydrogens is 336 g/mol. The van der Waals surface area contributed by atoms with Gasteiger partial charge in [0.1, 0.15) is 10.4 Å². The van der Waals surface area contributed by atoms with Crippen LogP contribution in [-0.2, 0) is 14.8 Å². The number of carboxylic acids is 1. The van der Waals surface area contributed by atoms with E-state index in [2.05, 4.69) is 0 Å². The van der Waals surface area contributed by atoms with Crippen molar-refractivity contribution >= 4 is 37.4 Å². The molecule has 1 aromatic heterocycles. The van der Waals surface area contributed by atoms with Crippen LogP contribution in [0.25, 0.3) is 10.1 Å². The molecule has 0 radical (unpaired) electrons. The smallest absolute Gasteiger partial charge is 0.305 e. The molecule has 5 nitrogen and oxygen atoms in total. The highest BCUT2D eigenvalue weighted by Crippen LogP contribution is 2.31. The highest BCUT2D eigenvalue weighted by atomic mass is 32.2. The molecule has 0 aliphatic rings. The fourth-order valence-electron chi connectivity index (χ4n) is 2.00. The minimum atomic E-state index is -4.27. The van der Waals surface area contributed by atoms with E-state index >= 15 is 0 Å². The monoisotopic (exact) mass is 349 g/mol. The van der Waals surface area contributed by atoms with E-state index in [1.54, 1.807) is 24.3 Å². The minimum absolute atomic E-state index is 0.134. The van der Waals surface area contributed by atoms with E-state index in [1.165, 1.54) is 16.7 Å². The third kappa shape index (κ3) is 3.26. The quantitative estimate of drug-likeness (QED) is 0.840. The van der Waals surface area contributed by atoms with Crippen LogP contribution in [0.5, 0.6) is 0 Å². The molecule has 1 aromatic carbocycles. The number of carboxylic acid groups (broad SMARTS) is 1. The molecule has 0 saturated carbocycles. The van der Waals surface area contributed by atoms with Crippen molar-refractivity contribution in [3.05, 3.63) is 29.6 Å². The number of alkyl halides is 2. The third-order valence-corrected chi connectivity index (χ3v) is 5.87. The number of aliphatic carboxylic acids is 1. The molecule has 0 fully saturated rings. The van der Waals surface area contributed by atoms with E-state index < -0.39 is 34.4 Å². The van der Waals surface area contributed by atoms with Crippen molar-refractivity contribution in [2.45, 2.75) is 30.2 Å². The van der Waals surface area contributed by atoms with Crippen LogP contribution >= 0.6 is 11.3 Å². The Hall–Kier alpha value is -1.58. The van der Waals surface area contributed by atoms with Gasteiger partial charge in [-0.1, -0.05) is 18.2 Å². The maximum atomic E-state index is 13.1. The molecule has 2 aromatic rings. The lowest BCUT2D eigenvalue weighted by atomic mass is 10.0. The highest BCUT2D eigenvalue weighted by Gasteiger charge is 2.41. The zero-order valence-corrected chi connectivity index (χ0v) is 13.0. The average molecular weight is 349 g/mol. The Morgan fingerprint density at radius 2 is 2.05 bits per heavy atom. The SMILES string of the molecule is CC(CC(=O)O)(NS(=O)(=O)c1csc2ccccc12)C(F)F. The Morgan fingerprint density at radius 3 is 2.64 bits per heavy atom. The Labute approximate surface area is 129 Å². The van der Waals surface area contributed by atoms with Gasteiger partial charge in [0.25, 0.3) is 6.43 Å². The molecule has 0 aliphatic carbocycles. The van der Waals surface area contributed by atoms with E-state index in [1.807, 2.05) is 4.72 Å². The summed E-state index contributed by atoms with van der Waals surface area (Å²) in [5, 5.41) is 10.5. The van der Waals surface area contributed by atoms with Crippen LogP contribution in [0.3, 0.4) is 0 Å². The van der Waals surface area contributed by atoms with Crippen molar-refractivity contribution in [2.24, 2.45) is 0 Å². The molecule has 120 valence electrons. The van der Waals surface area contributed by atoms with Crippen LogP contribution in [0, 0.1) is 0 Å². The fourth-order valence-corrected chi connectivity index (χ4v) is 4.89. The number of fused-ring (bicyclic) bond motifs is 1. The van der Waals surface area contributed by atoms with Gasteiger partial charge in [-0.25, -0.2) is 17.2 Å². The molecule has 1 atom stereocenters. The summed E-state index contributed by atoms with van der Waals surface area (Å²) >= 11 is 1.17. The molecule has 1 heterocycles. The lowest BCUT2D eigenvalue weighted by Gasteiger charge is -2.27.